The molecule has 1 atom stereocenters. The fourth-order valence-electron chi connectivity index (χ4n) is 1.95. The second-order valence-electron chi connectivity index (χ2n) is 4.32. The van der Waals surface area contributed by atoms with E-state index < -0.39 is 24.5 Å². The van der Waals surface area contributed by atoms with Gasteiger partial charge in [-0.25, -0.2) is 4.79 Å². The van der Waals surface area contributed by atoms with E-state index in [1.165, 1.54) is 0 Å². The van der Waals surface area contributed by atoms with Crippen molar-refractivity contribution in [2.45, 2.75) is 26.8 Å². The molecule has 0 saturated heterocycles. The molecule has 98 valence electrons. The van der Waals surface area contributed by atoms with E-state index in [9.17, 15) is 9.59 Å². The Morgan fingerprint density at radius 2 is 1.72 bits per heavy atom. The van der Waals surface area contributed by atoms with Crippen molar-refractivity contribution in [1.29, 1.82) is 0 Å². The summed E-state index contributed by atoms with van der Waals surface area (Å²) in [5, 5.41) is 20.0. The Bertz CT molecular complexity index is 459. The molecular formula is C13H17NO4. The first-order valence-corrected chi connectivity index (χ1v) is 5.59. The molecule has 5 nitrogen and oxygen atoms in total. The molecule has 0 aromatic heterocycles. The minimum absolute atomic E-state index is 0.459. The van der Waals surface area contributed by atoms with Gasteiger partial charge in [0.1, 0.15) is 0 Å². The summed E-state index contributed by atoms with van der Waals surface area (Å²) in [5.41, 5.74) is 3.07. The summed E-state index contributed by atoms with van der Waals surface area (Å²) in [4.78, 5) is 22.7. The van der Waals surface area contributed by atoms with Crippen LogP contribution in [0.1, 0.15) is 27.0 Å². The van der Waals surface area contributed by atoms with Gasteiger partial charge < -0.3 is 15.5 Å². The van der Waals surface area contributed by atoms with Crippen molar-refractivity contribution >= 4 is 11.9 Å². The molecule has 0 aliphatic carbocycles. The number of carbonyl (C=O) groups is 2. The highest BCUT2D eigenvalue weighted by molar-refractivity contribution is 5.99. The van der Waals surface area contributed by atoms with Gasteiger partial charge in [-0.05, 0) is 31.9 Å². The highest BCUT2D eigenvalue weighted by Gasteiger charge is 2.21. The van der Waals surface area contributed by atoms with E-state index >= 15 is 0 Å². The maximum Gasteiger partial charge on any atom is 0.328 e. The predicted octanol–water partition coefficient (Wildman–Crippen LogP) is 0.787. The minimum atomic E-state index is -1.28. The predicted molar refractivity (Wildman–Crippen MR) is 66.6 cm³/mol. The molecule has 0 aliphatic heterocycles. The number of aryl methyl sites for hydroxylation is 3. The van der Waals surface area contributed by atoms with Crippen molar-refractivity contribution in [2.75, 3.05) is 6.61 Å². The zero-order chi connectivity index (χ0) is 13.9. The Kier molecular flexibility index (Phi) is 4.44. The molecule has 0 spiro atoms. The van der Waals surface area contributed by atoms with E-state index in [0.717, 1.165) is 16.7 Å². The summed E-state index contributed by atoms with van der Waals surface area (Å²) in [5.74, 6) is -1.74. The molecule has 18 heavy (non-hydrogen) atoms. The van der Waals surface area contributed by atoms with Crippen LogP contribution in [0, 0.1) is 20.8 Å². The second kappa shape index (κ2) is 5.64. The van der Waals surface area contributed by atoms with Crippen LogP contribution in [0.2, 0.25) is 0 Å². The van der Waals surface area contributed by atoms with Crippen molar-refractivity contribution in [3.05, 3.63) is 34.4 Å². The first kappa shape index (κ1) is 14.2. The van der Waals surface area contributed by atoms with E-state index in [1.807, 2.05) is 19.1 Å². The minimum Gasteiger partial charge on any atom is -0.480 e. The molecule has 0 heterocycles. The molecule has 1 aromatic rings. The van der Waals surface area contributed by atoms with Crippen molar-refractivity contribution in [3.63, 3.8) is 0 Å². The standard InChI is InChI=1S/C13H17NO4/c1-7-4-8(2)11(9(3)5-7)12(16)14-10(6-15)13(17)18/h4-5,10,15H,6H2,1-3H3,(H,14,16)(H,17,18). The van der Waals surface area contributed by atoms with Crippen LogP contribution >= 0.6 is 0 Å². The van der Waals surface area contributed by atoms with Crippen LogP contribution in [0.3, 0.4) is 0 Å². The quantitative estimate of drug-likeness (QED) is 0.738. The van der Waals surface area contributed by atoms with Crippen molar-refractivity contribution < 1.29 is 19.8 Å². The fraction of sp³-hybridized carbons (Fsp3) is 0.385. The number of hydrogen-bond acceptors (Lipinski definition) is 3. The molecule has 1 unspecified atom stereocenters. The molecule has 0 radical (unpaired) electrons. The Balaban J connectivity index is 3.01. The Morgan fingerprint density at radius 3 is 2.11 bits per heavy atom. The largest absolute Gasteiger partial charge is 0.480 e. The van der Waals surface area contributed by atoms with Gasteiger partial charge >= 0.3 is 5.97 Å². The Morgan fingerprint density at radius 1 is 1.22 bits per heavy atom. The monoisotopic (exact) mass is 251 g/mol. The smallest absolute Gasteiger partial charge is 0.328 e. The number of nitrogens with one attached hydrogen (secondary N) is 1. The highest BCUT2D eigenvalue weighted by Crippen LogP contribution is 2.16. The van der Waals surface area contributed by atoms with Gasteiger partial charge in [-0.15, -0.1) is 0 Å². The number of carbonyl (C=O) groups excluding carboxylic acids is 1. The lowest BCUT2D eigenvalue weighted by atomic mass is 9.99. The third-order valence-corrected chi connectivity index (χ3v) is 2.69. The first-order chi connectivity index (χ1) is 8.36. The average Bonchev–Trinajstić information content (AvgIpc) is 2.23. The summed E-state index contributed by atoms with van der Waals surface area (Å²) in [6.07, 6.45) is 0. The lowest BCUT2D eigenvalue weighted by Gasteiger charge is -2.15. The summed E-state index contributed by atoms with van der Waals surface area (Å²) >= 11 is 0. The number of aliphatic hydroxyl groups is 1. The number of carboxylic acids is 1. The van der Waals surface area contributed by atoms with Crippen LogP contribution in [0.15, 0.2) is 12.1 Å². The van der Waals surface area contributed by atoms with Gasteiger partial charge in [0.25, 0.3) is 5.91 Å². The lowest BCUT2D eigenvalue weighted by molar-refractivity contribution is -0.140. The Hall–Kier alpha value is -1.88. The van der Waals surface area contributed by atoms with Crippen molar-refractivity contribution in [3.8, 4) is 0 Å². The van der Waals surface area contributed by atoms with Crippen LogP contribution in [-0.4, -0.2) is 34.7 Å². The molecule has 0 bridgehead atoms. The number of carboxylic acid groups (broad SMARTS) is 1. The molecule has 1 rings (SSSR count). The van der Waals surface area contributed by atoms with E-state index in [-0.39, 0.29) is 0 Å². The molecule has 3 N–H and O–H groups in total. The third-order valence-electron chi connectivity index (χ3n) is 2.69. The van der Waals surface area contributed by atoms with Gasteiger partial charge in [-0.2, -0.15) is 0 Å². The average molecular weight is 251 g/mol. The number of benzene rings is 1. The molecule has 1 amide bonds. The molecule has 1 aromatic carbocycles. The van der Waals surface area contributed by atoms with Crippen LogP contribution in [-0.2, 0) is 4.79 Å². The number of hydrogen-bond donors (Lipinski definition) is 3. The van der Waals surface area contributed by atoms with E-state index in [0.29, 0.717) is 5.56 Å². The molecule has 0 fully saturated rings. The summed E-state index contributed by atoms with van der Waals surface area (Å²) < 4.78 is 0. The summed E-state index contributed by atoms with van der Waals surface area (Å²) in [6.45, 7) is 4.88. The highest BCUT2D eigenvalue weighted by atomic mass is 16.4. The zero-order valence-electron chi connectivity index (χ0n) is 10.7. The van der Waals surface area contributed by atoms with E-state index in [1.54, 1.807) is 13.8 Å². The van der Waals surface area contributed by atoms with Crippen molar-refractivity contribution in [2.24, 2.45) is 0 Å². The van der Waals surface area contributed by atoms with Gasteiger partial charge in [0.15, 0.2) is 6.04 Å². The fourth-order valence-corrected chi connectivity index (χ4v) is 1.95. The topological polar surface area (TPSA) is 86.6 Å². The van der Waals surface area contributed by atoms with Gasteiger partial charge in [-0.1, -0.05) is 17.7 Å². The molecule has 0 saturated carbocycles. The van der Waals surface area contributed by atoms with Crippen molar-refractivity contribution in [1.82, 2.24) is 5.32 Å². The van der Waals surface area contributed by atoms with Gasteiger partial charge in [-0.3, -0.25) is 4.79 Å². The lowest BCUT2D eigenvalue weighted by Crippen LogP contribution is -2.43. The number of rotatable bonds is 4. The SMILES string of the molecule is Cc1cc(C)c(C(=O)NC(CO)C(=O)O)c(C)c1. The van der Waals surface area contributed by atoms with E-state index in [2.05, 4.69) is 5.32 Å². The number of amides is 1. The number of aliphatic carboxylic acids is 1. The van der Waals surface area contributed by atoms with Crippen LogP contribution in [0.5, 0.6) is 0 Å². The Labute approximate surface area is 105 Å². The van der Waals surface area contributed by atoms with Gasteiger partial charge in [0, 0.05) is 5.56 Å². The van der Waals surface area contributed by atoms with Gasteiger partial charge in [0.05, 0.1) is 6.61 Å². The molecular weight excluding hydrogens is 234 g/mol. The maximum atomic E-state index is 12.0. The van der Waals surface area contributed by atoms with Crippen LogP contribution in [0.25, 0.3) is 0 Å². The zero-order valence-corrected chi connectivity index (χ0v) is 10.7. The molecule has 5 heteroatoms. The third kappa shape index (κ3) is 3.07. The van der Waals surface area contributed by atoms with Gasteiger partial charge in [0.2, 0.25) is 0 Å². The summed E-state index contributed by atoms with van der Waals surface area (Å²) in [6, 6.07) is 2.44. The maximum absolute atomic E-state index is 12.0. The second-order valence-corrected chi connectivity index (χ2v) is 4.32. The van der Waals surface area contributed by atoms with E-state index in [4.69, 9.17) is 10.2 Å². The normalized spacial score (nSPS) is 12.0. The molecule has 0 aliphatic rings. The van der Waals surface area contributed by atoms with Crippen LogP contribution in [0.4, 0.5) is 0 Å². The van der Waals surface area contributed by atoms with Crippen LogP contribution < -0.4 is 5.32 Å². The summed E-state index contributed by atoms with van der Waals surface area (Å²) in [7, 11) is 0. The number of aliphatic hydroxyl groups excluding tert-OH is 1. The first-order valence-electron chi connectivity index (χ1n) is 5.59.